The number of sulfonamides is 1. The highest BCUT2D eigenvalue weighted by molar-refractivity contribution is 7.89. The van der Waals surface area contributed by atoms with Crippen LogP contribution in [-0.2, 0) is 16.6 Å². The van der Waals surface area contributed by atoms with Gasteiger partial charge in [-0.2, -0.15) is 4.31 Å². The standard InChI is InChI=1S/C11H19N5O2S/c1-2-15-7-10(14-8-15)19(17,18)16-6-4-3-5-9(16)11(12)13/h7-9H,2-6H2,1H3,(H3,12,13). The third-order valence-electron chi connectivity index (χ3n) is 3.36. The van der Waals surface area contributed by atoms with E-state index in [0.717, 1.165) is 12.8 Å². The molecule has 0 amide bonds. The van der Waals surface area contributed by atoms with Gasteiger partial charge in [-0.05, 0) is 19.8 Å². The molecule has 0 aliphatic carbocycles. The molecule has 1 fully saturated rings. The minimum Gasteiger partial charge on any atom is -0.386 e. The Morgan fingerprint density at radius 1 is 1.58 bits per heavy atom. The first kappa shape index (κ1) is 14.0. The second-order valence-corrected chi connectivity index (χ2v) is 6.46. The molecule has 1 unspecified atom stereocenters. The Morgan fingerprint density at radius 2 is 2.32 bits per heavy atom. The number of nitrogens with two attached hydrogens (primary N) is 1. The summed E-state index contributed by atoms with van der Waals surface area (Å²) in [7, 11) is -3.66. The largest absolute Gasteiger partial charge is 0.386 e. The normalized spacial score (nSPS) is 21.4. The van der Waals surface area contributed by atoms with Gasteiger partial charge >= 0.3 is 0 Å². The van der Waals surface area contributed by atoms with E-state index in [-0.39, 0.29) is 10.9 Å². The number of piperidine rings is 1. The van der Waals surface area contributed by atoms with Crippen LogP contribution < -0.4 is 5.73 Å². The van der Waals surface area contributed by atoms with Gasteiger partial charge in [0.15, 0.2) is 5.03 Å². The van der Waals surface area contributed by atoms with Crippen molar-refractivity contribution in [3.63, 3.8) is 0 Å². The van der Waals surface area contributed by atoms with E-state index in [0.29, 0.717) is 19.5 Å². The fourth-order valence-electron chi connectivity index (χ4n) is 2.27. The number of rotatable bonds is 4. The van der Waals surface area contributed by atoms with E-state index in [9.17, 15) is 8.42 Å². The summed E-state index contributed by atoms with van der Waals surface area (Å²) in [6.45, 7) is 2.97. The first-order chi connectivity index (χ1) is 8.96. The van der Waals surface area contributed by atoms with Crippen LogP contribution in [0.5, 0.6) is 0 Å². The number of aromatic nitrogens is 2. The molecule has 106 valence electrons. The molecule has 0 radical (unpaired) electrons. The minimum absolute atomic E-state index is 0.0301. The van der Waals surface area contributed by atoms with Crippen LogP contribution in [0.4, 0.5) is 0 Å². The van der Waals surface area contributed by atoms with Crippen LogP contribution in [0.15, 0.2) is 17.6 Å². The molecular weight excluding hydrogens is 266 g/mol. The van der Waals surface area contributed by atoms with Crippen LogP contribution in [-0.4, -0.2) is 40.7 Å². The molecule has 1 aromatic heterocycles. The van der Waals surface area contributed by atoms with Gasteiger partial charge in [0, 0.05) is 19.3 Å². The van der Waals surface area contributed by atoms with Crippen molar-refractivity contribution >= 4 is 15.9 Å². The van der Waals surface area contributed by atoms with Crippen molar-refractivity contribution in [1.29, 1.82) is 5.41 Å². The molecule has 0 saturated carbocycles. The predicted octanol–water partition coefficient (Wildman–Crippen LogP) is 0.382. The molecule has 1 aliphatic heterocycles. The first-order valence-corrected chi connectivity index (χ1v) is 7.78. The maximum Gasteiger partial charge on any atom is 0.262 e. The van der Waals surface area contributed by atoms with Gasteiger partial charge in [-0.15, -0.1) is 0 Å². The molecule has 8 heteroatoms. The van der Waals surface area contributed by atoms with Gasteiger partial charge in [0.05, 0.1) is 12.4 Å². The van der Waals surface area contributed by atoms with Crippen molar-refractivity contribution in [3.8, 4) is 0 Å². The second kappa shape index (κ2) is 5.30. The van der Waals surface area contributed by atoms with Crippen molar-refractivity contribution in [2.75, 3.05) is 6.54 Å². The van der Waals surface area contributed by atoms with Gasteiger partial charge in [0.25, 0.3) is 10.0 Å². The number of aryl methyl sites for hydroxylation is 1. The Morgan fingerprint density at radius 3 is 2.89 bits per heavy atom. The van der Waals surface area contributed by atoms with Crippen molar-refractivity contribution in [2.24, 2.45) is 5.73 Å². The lowest BCUT2D eigenvalue weighted by molar-refractivity contribution is 0.303. The molecule has 7 nitrogen and oxygen atoms in total. The van der Waals surface area contributed by atoms with Gasteiger partial charge in [-0.1, -0.05) is 6.42 Å². The summed E-state index contributed by atoms with van der Waals surface area (Å²) in [6, 6.07) is -0.537. The number of hydrogen-bond donors (Lipinski definition) is 2. The number of nitrogens with zero attached hydrogens (tertiary/aromatic N) is 3. The Labute approximate surface area is 113 Å². The van der Waals surface area contributed by atoms with Crippen LogP contribution in [0.25, 0.3) is 0 Å². The summed E-state index contributed by atoms with van der Waals surface area (Å²) in [5.41, 5.74) is 5.52. The second-order valence-electron chi connectivity index (χ2n) is 4.63. The summed E-state index contributed by atoms with van der Waals surface area (Å²) < 4.78 is 28.1. The Kier molecular flexibility index (Phi) is 3.91. The van der Waals surface area contributed by atoms with E-state index in [1.807, 2.05) is 6.92 Å². The van der Waals surface area contributed by atoms with Gasteiger partial charge in [-0.25, -0.2) is 13.4 Å². The molecule has 2 rings (SSSR count). The summed E-state index contributed by atoms with van der Waals surface area (Å²) >= 11 is 0. The topological polar surface area (TPSA) is 105 Å². The average Bonchev–Trinajstić information content (AvgIpc) is 2.88. The Balaban J connectivity index is 2.34. The van der Waals surface area contributed by atoms with Crippen molar-refractivity contribution in [3.05, 3.63) is 12.5 Å². The van der Waals surface area contributed by atoms with E-state index >= 15 is 0 Å². The molecule has 0 spiro atoms. The van der Waals surface area contributed by atoms with Crippen LogP contribution in [0.1, 0.15) is 26.2 Å². The predicted molar refractivity (Wildman–Crippen MR) is 71.3 cm³/mol. The Hall–Kier alpha value is -1.41. The quantitative estimate of drug-likeness (QED) is 0.616. The molecule has 3 N–H and O–H groups in total. The first-order valence-electron chi connectivity index (χ1n) is 6.34. The summed E-state index contributed by atoms with van der Waals surface area (Å²) in [4.78, 5) is 3.95. The summed E-state index contributed by atoms with van der Waals surface area (Å²) in [5.74, 6) is -0.0989. The molecule has 0 bridgehead atoms. The zero-order chi connectivity index (χ0) is 14.0. The lowest BCUT2D eigenvalue weighted by Gasteiger charge is -2.33. The van der Waals surface area contributed by atoms with Gasteiger partial charge in [-0.3, -0.25) is 5.41 Å². The number of nitrogens with one attached hydrogen (secondary N) is 1. The number of hydrogen-bond acceptors (Lipinski definition) is 4. The van der Waals surface area contributed by atoms with E-state index in [4.69, 9.17) is 11.1 Å². The van der Waals surface area contributed by atoms with Crippen LogP contribution in [0, 0.1) is 5.41 Å². The summed E-state index contributed by atoms with van der Waals surface area (Å²) in [5, 5.41) is 7.58. The third-order valence-corrected chi connectivity index (χ3v) is 5.15. The Bertz CT molecular complexity index is 565. The maximum absolute atomic E-state index is 12.5. The van der Waals surface area contributed by atoms with Crippen LogP contribution in [0.3, 0.4) is 0 Å². The number of imidazole rings is 1. The molecule has 2 heterocycles. The van der Waals surface area contributed by atoms with E-state index in [1.54, 1.807) is 4.57 Å². The number of amidine groups is 1. The molecule has 1 atom stereocenters. The molecule has 0 aromatic carbocycles. The van der Waals surface area contributed by atoms with Crippen LogP contribution in [0.2, 0.25) is 0 Å². The molecule has 1 aliphatic rings. The zero-order valence-electron chi connectivity index (χ0n) is 10.9. The smallest absolute Gasteiger partial charge is 0.262 e. The lowest BCUT2D eigenvalue weighted by Crippen LogP contribution is -2.50. The van der Waals surface area contributed by atoms with Crippen molar-refractivity contribution < 1.29 is 8.42 Å². The van der Waals surface area contributed by atoms with E-state index in [2.05, 4.69) is 4.98 Å². The highest BCUT2D eigenvalue weighted by Gasteiger charge is 2.36. The lowest BCUT2D eigenvalue weighted by atomic mass is 10.0. The molecular formula is C11H19N5O2S. The highest BCUT2D eigenvalue weighted by Crippen LogP contribution is 2.24. The summed E-state index contributed by atoms with van der Waals surface area (Å²) in [6.07, 6.45) is 5.29. The van der Waals surface area contributed by atoms with Gasteiger partial charge in [0.2, 0.25) is 0 Å². The van der Waals surface area contributed by atoms with Crippen LogP contribution >= 0.6 is 0 Å². The highest BCUT2D eigenvalue weighted by atomic mass is 32.2. The SMILES string of the molecule is CCn1cnc(S(=O)(=O)N2CCCCC2C(=N)N)c1. The molecule has 19 heavy (non-hydrogen) atoms. The van der Waals surface area contributed by atoms with E-state index < -0.39 is 16.1 Å². The van der Waals surface area contributed by atoms with E-state index in [1.165, 1.54) is 16.8 Å². The van der Waals surface area contributed by atoms with Crippen molar-refractivity contribution in [2.45, 2.75) is 43.8 Å². The monoisotopic (exact) mass is 285 g/mol. The molecule has 1 saturated heterocycles. The zero-order valence-corrected chi connectivity index (χ0v) is 11.7. The fourth-order valence-corrected chi connectivity index (χ4v) is 3.88. The average molecular weight is 285 g/mol. The minimum atomic E-state index is -3.66. The third kappa shape index (κ3) is 2.64. The molecule has 1 aromatic rings. The van der Waals surface area contributed by atoms with Crippen molar-refractivity contribution in [1.82, 2.24) is 13.9 Å². The fraction of sp³-hybridized carbons (Fsp3) is 0.636. The maximum atomic E-state index is 12.5. The van der Waals surface area contributed by atoms with Gasteiger partial charge < -0.3 is 10.3 Å². The van der Waals surface area contributed by atoms with Gasteiger partial charge in [0.1, 0.15) is 5.84 Å².